The second-order valence-corrected chi connectivity index (χ2v) is 13.4. The van der Waals surface area contributed by atoms with E-state index in [0.717, 1.165) is 30.1 Å². The van der Waals surface area contributed by atoms with Crippen LogP contribution in [0.15, 0.2) is 29.3 Å². The number of rotatable bonds is 7. The molecule has 0 spiro atoms. The molecule has 0 saturated carbocycles. The highest BCUT2D eigenvalue weighted by atomic mass is 35.5. The number of aromatic nitrogens is 2. The van der Waals surface area contributed by atoms with Gasteiger partial charge in [-0.05, 0) is 31.3 Å². The lowest BCUT2D eigenvalue weighted by atomic mass is 10.1. The molecule has 2 amide bonds. The Hall–Kier alpha value is -2.55. The summed E-state index contributed by atoms with van der Waals surface area (Å²) in [5.74, 6) is -0.580. The molecule has 5 rings (SSSR count). The Morgan fingerprint density at radius 1 is 1.26 bits per heavy atom. The number of thiazole rings is 1. The number of aromatic amines is 1. The number of hydrogen-bond acceptors (Lipinski definition) is 8. The summed E-state index contributed by atoms with van der Waals surface area (Å²) < 4.78 is 28.6. The fourth-order valence-electron chi connectivity index (χ4n) is 5.01. The Bertz CT molecular complexity index is 1510. The molecule has 1 saturated heterocycles. The van der Waals surface area contributed by atoms with Crippen LogP contribution in [0.4, 0.5) is 0 Å². The Balaban J connectivity index is 1.41. The van der Waals surface area contributed by atoms with Crippen molar-refractivity contribution in [2.24, 2.45) is 0 Å². The zero-order chi connectivity index (χ0) is 27.9. The lowest BCUT2D eigenvalue weighted by Gasteiger charge is -2.40. The van der Waals surface area contributed by atoms with Crippen molar-refractivity contribution in [3.8, 4) is 0 Å². The van der Waals surface area contributed by atoms with E-state index in [4.69, 9.17) is 11.6 Å². The highest BCUT2D eigenvalue weighted by molar-refractivity contribution is 7.89. The van der Waals surface area contributed by atoms with Crippen LogP contribution in [0.1, 0.15) is 26.8 Å². The highest BCUT2D eigenvalue weighted by Gasteiger charge is 2.39. The molecule has 210 valence electrons. The normalized spacial score (nSPS) is 18.9. The molecule has 2 N–H and O–H groups in total. The number of amides is 2. The van der Waals surface area contributed by atoms with Gasteiger partial charge in [-0.3, -0.25) is 9.59 Å². The molecule has 4 heterocycles. The third-order valence-electron chi connectivity index (χ3n) is 7.26. The average molecular weight is 595 g/mol. The van der Waals surface area contributed by atoms with E-state index in [1.165, 1.54) is 20.5 Å². The molecule has 0 bridgehead atoms. The summed E-state index contributed by atoms with van der Waals surface area (Å²) in [6, 6.07) is 5.93. The van der Waals surface area contributed by atoms with Gasteiger partial charge in [0.15, 0.2) is 5.01 Å². The van der Waals surface area contributed by atoms with Crippen molar-refractivity contribution < 1.29 is 23.1 Å². The number of carbonyl (C=O) groups is 2. The molecular formula is C25H31ClN6O5S2. The van der Waals surface area contributed by atoms with Gasteiger partial charge in [0.1, 0.15) is 5.03 Å². The quantitative estimate of drug-likeness (QED) is 0.425. The molecule has 2 aliphatic rings. The molecular weight excluding hydrogens is 564 g/mol. The summed E-state index contributed by atoms with van der Waals surface area (Å²) in [6.45, 7) is 1.71. The lowest BCUT2D eigenvalue weighted by molar-refractivity contribution is -0.131. The second-order valence-electron chi connectivity index (χ2n) is 10.0. The highest BCUT2D eigenvalue weighted by Crippen LogP contribution is 2.29. The third kappa shape index (κ3) is 5.70. The SMILES string of the molecule is CN1CCc2nc(C(=O)N3CCN(S(=O)(=O)c4cc5cc(Cl)ccc5[nH]4)CC3CC(=O)N(C)CCO)sc2C1. The van der Waals surface area contributed by atoms with Gasteiger partial charge in [0.2, 0.25) is 5.91 Å². The van der Waals surface area contributed by atoms with E-state index in [1.807, 2.05) is 7.05 Å². The fourth-order valence-corrected chi connectivity index (χ4v) is 7.82. The van der Waals surface area contributed by atoms with Crippen molar-refractivity contribution in [1.82, 2.24) is 29.0 Å². The number of nitrogens with zero attached hydrogens (tertiary/aromatic N) is 5. The standard InChI is InChI=1S/C25H31ClN6O5S2/c1-29-6-5-20-21(15-29)38-24(28-20)25(35)32-8-7-31(14-18(32)13-23(34)30(2)9-10-33)39(36,37)22-12-16-11-17(26)3-4-19(16)27-22/h3-4,11-12,18,27,33H,5-10,13-15H2,1-2H3. The summed E-state index contributed by atoms with van der Waals surface area (Å²) in [6.07, 6.45) is 0.690. The van der Waals surface area contributed by atoms with Crippen molar-refractivity contribution in [2.45, 2.75) is 30.5 Å². The Morgan fingerprint density at radius 3 is 2.82 bits per heavy atom. The van der Waals surface area contributed by atoms with Gasteiger partial charge >= 0.3 is 0 Å². The van der Waals surface area contributed by atoms with E-state index in [2.05, 4.69) is 14.9 Å². The number of piperazine rings is 1. The average Bonchev–Trinajstić information content (AvgIpc) is 3.52. The fraction of sp³-hybridized carbons (Fsp3) is 0.480. The number of likely N-dealkylation sites (N-methyl/N-ethyl adjacent to an activating group) is 2. The number of nitrogens with one attached hydrogen (secondary N) is 1. The smallest absolute Gasteiger partial charge is 0.283 e. The van der Waals surface area contributed by atoms with Gasteiger partial charge in [-0.1, -0.05) is 11.6 Å². The third-order valence-corrected chi connectivity index (χ3v) is 10.4. The molecule has 11 nitrogen and oxygen atoms in total. The van der Waals surface area contributed by atoms with E-state index in [1.54, 1.807) is 36.2 Å². The maximum atomic E-state index is 13.7. The summed E-state index contributed by atoms with van der Waals surface area (Å²) in [5.41, 5.74) is 1.57. The van der Waals surface area contributed by atoms with Crippen LogP contribution in [-0.4, -0.2) is 114 Å². The predicted molar refractivity (Wildman–Crippen MR) is 148 cm³/mol. The molecule has 39 heavy (non-hydrogen) atoms. The minimum absolute atomic E-state index is 0.0266. The number of sulfonamides is 1. The summed E-state index contributed by atoms with van der Waals surface area (Å²) in [7, 11) is -0.348. The molecule has 0 radical (unpaired) electrons. The number of carbonyl (C=O) groups excluding carboxylic acids is 2. The molecule has 1 aromatic carbocycles. The summed E-state index contributed by atoms with van der Waals surface area (Å²) in [4.78, 5) is 40.4. The van der Waals surface area contributed by atoms with Crippen LogP contribution in [0.25, 0.3) is 10.9 Å². The minimum atomic E-state index is -3.94. The van der Waals surface area contributed by atoms with Crippen LogP contribution in [0.3, 0.4) is 0 Å². The van der Waals surface area contributed by atoms with E-state index in [9.17, 15) is 23.1 Å². The van der Waals surface area contributed by atoms with Crippen molar-refractivity contribution in [2.75, 3.05) is 53.4 Å². The zero-order valence-corrected chi connectivity index (χ0v) is 24.2. The number of aliphatic hydroxyl groups is 1. The molecule has 1 fully saturated rings. The molecule has 0 aliphatic carbocycles. The topological polar surface area (TPSA) is 130 Å². The van der Waals surface area contributed by atoms with E-state index in [-0.39, 0.29) is 56.0 Å². The van der Waals surface area contributed by atoms with Crippen molar-refractivity contribution in [3.63, 3.8) is 0 Å². The largest absolute Gasteiger partial charge is 0.395 e. The number of halogens is 1. The number of fused-ring (bicyclic) bond motifs is 2. The van der Waals surface area contributed by atoms with Gasteiger partial charge < -0.3 is 24.8 Å². The molecule has 1 unspecified atom stereocenters. The Labute approximate surface area is 236 Å². The Kier molecular flexibility index (Phi) is 8.00. The molecule has 2 aromatic heterocycles. The van der Waals surface area contributed by atoms with E-state index in [0.29, 0.717) is 20.9 Å². The second kappa shape index (κ2) is 11.1. The van der Waals surface area contributed by atoms with Gasteiger partial charge in [-0.25, -0.2) is 13.4 Å². The van der Waals surface area contributed by atoms with E-state index < -0.39 is 16.1 Å². The van der Waals surface area contributed by atoms with Gasteiger partial charge in [0.05, 0.1) is 18.3 Å². The van der Waals surface area contributed by atoms with Crippen LogP contribution < -0.4 is 0 Å². The summed E-state index contributed by atoms with van der Waals surface area (Å²) in [5, 5.41) is 10.8. The van der Waals surface area contributed by atoms with Crippen LogP contribution in [0.2, 0.25) is 5.02 Å². The first-order valence-electron chi connectivity index (χ1n) is 12.7. The van der Waals surface area contributed by atoms with Crippen molar-refractivity contribution in [1.29, 1.82) is 0 Å². The number of H-pyrrole nitrogens is 1. The van der Waals surface area contributed by atoms with Crippen LogP contribution in [0, 0.1) is 0 Å². The van der Waals surface area contributed by atoms with Crippen LogP contribution >= 0.6 is 22.9 Å². The number of aliphatic hydroxyl groups excluding tert-OH is 1. The first kappa shape index (κ1) is 28.0. The summed E-state index contributed by atoms with van der Waals surface area (Å²) >= 11 is 7.44. The monoisotopic (exact) mass is 594 g/mol. The zero-order valence-electron chi connectivity index (χ0n) is 21.8. The van der Waals surface area contributed by atoms with Crippen molar-refractivity contribution >= 4 is 55.7 Å². The number of benzene rings is 1. The molecule has 14 heteroatoms. The maximum Gasteiger partial charge on any atom is 0.283 e. The first-order chi connectivity index (χ1) is 18.6. The molecule has 2 aliphatic heterocycles. The molecule has 3 aromatic rings. The minimum Gasteiger partial charge on any atom is -0.395 e. The van der Waals surface area contributed by atoms with E-state index >= 15 is 0 Å². The van der Waals surface area contributed by atoms with Gasteiger partial charge in [0.25, 0.3) is 15.9 Å². The predicted octanol–water partition coefficient (Wildman–Crippen LogP) is 1.62. The first-order valence-corrected chi connectivity index (χ1v) is 15.3. The van der Waals surface area contributed by atoms with Gasteiger partial charge in [0, 0.05) is 80.0 Å². The van der Waals surface area contributed by atoms with Gasteiger partial charge in [-0.15, -0.1) is 11.3 Å². The molecule has 1 atom stereocenters. The van der Waals surface area contributed by atoms with Gasteiger partial charge in [-0.2, -0.15) is 4.31 Å². The van der Waals surface area contributed by atoms with Crippen molar-refractivity contribution in [3.05, 3.63) is 44.9 Å². The van der Waals surface area contributed by atoms with Crippen LogP contribution in [-0.2, 0) is 27.8 Å². The lowest BCUT2D eigenvalue weighted by Crippen LogP contribution is -2.57. The Morgan fingerprint density at radius 2 is 2.05 bits per heavy atom. The number of hydrogen-bond donors (Lipinski definition) is 2. The maximum absolute atomic E-state index is 13.7. The van der Waals surface area contributed by atoms with Crippen LogP contribution in [0.5, 0.6) is 0 Å².